The number of likely N-dealkylation sites (tertiary alicyclic amines) is 1. The van der Waals surface area contributed by atoms with E-state index in [2.05, 4.69) is 10.2 Å². The number of ether oxygens (including phenoxy) is 1. The molecule has 1 aliphatic heterocycles. The van der Waals surface area contributed by atoms with E-state index < -0.39 is 17.1 Å². The summed E-state index contributed by atoms with van der Waals surface area (Å²) in [6, 6.07) is 6.13. The number of halogens is 1. The molecule has 8 heteroatoms. The summed E-state index contributed by atoms with van der Waals surface area (Å²) in [4.78, 5) is 26.0. The van der Waals surface area contributed by atoms with E-state index in [1.807, 2.05) is 20.8 Å². The van der Waals surface area contributed by atoms with Crippen LogP contribution in [-0.2, 0) is 11.2 Å². The highest BCUT2D eigenvalue weighted by Gasteiger charge is 2.28. The van der Waals surface area contributed by atoms with Crippen molar-refractivity contribution >= 4 is 6.09 Å². The molecule has 0 aliphatic carbocycles. The zero-order valence-electron chi connectivity index (χ0n) is 15.9. The minimum Gasteiger partial charge on any atom is -0.444 e. The van der Waals surface area contributed by atoms with Crippen molar-refractivity contribution in [3.8, 4) is 5.69 Å². The highest BCUT2D eigenvalue weighted by atomic mass is 19.1. The first-order chi connectivity index (χ1) is 12.7. The van der Waals surface area contributed by atoms with Crippen LogP contribution in [0, 0.1) is 11.7 Å². The number of hydrogen-bond acceptors (Lipinski definition) is 4. The molecular weight excluding hydrogens is 351 g/mol. The maximum atomic E-state index is 14.1. The van der Waals surface area contributed by atoms with Crippen LogP contribution in [0.15, 0.2) is 29.1 Å². The van der Waals surface area contributed by atoms with Crippen LogP contribution >= 0.6 is 0 Å². The number of nitrogens with one attached hydrogen (secondary N) is 1. The molecule has 0 spiro atoms. The summed E-state index contributed by atoms with van der Waals surface area (Å²) in [5, 5.41) is 6.49. The Hall–Kier alpha value is -2.64. The van der Waals surface area contributed by atoms with Crippen LogP contribution in [0.5, 0.6) is 0 Å². The van der Waals surface area contributed by atoms with Crippen LogP contribution in [0.3, 0.4) is 0 Å². The molecule has 27 heavy (non-hydrogen) atoms. The lowest BCUT2D eigenvalue weighted by molar-refractivity contribution is 0.0183. The van der Waals surface area contributed by atoms with Gasteiger partial charge in [-0.15, -0.1) is 0 Å². The van der Waals surface area contributed by atoms with Crippen LogP contribution in [0.1, 0.15) is 39.4 Å². The Bertz CT molecular complexity index is 860. The van der Waals surface area contributed by atoms with Crippen LogP contribution in [0.25, 0.3) is 5.69 Å². The second-order valence-electron chi connectivity index (χ2n) is 7.85. The predicted molar refractivity (Wildman–Crippen MR) is 98.4 cm³/mol. The zero-order chi connectivity index (χ0) is 19.6. The number of carbonyl (C=O) groups excluding carboxylic acids is 1. The molecule has 0 radical (unpaired) electrons. The first-order valence-corrected chi connectivity index (χ1v) is 9.14. The smallest absolute Gasteiger partial charge is 0.410 e. The minimum absolute atomic E-state index is 0.192. The first kappa shape index (κ1) is 19.1. The molecule has 0 bridgehead atoms. The highest BCUT2D eigenvalue weighted by molar-refractivity contribution is 5.68. The molecule has 7 nitrogen and oxygen atoms in total. The van der Waals surface area contributed by atoms with Gasteiger partial charge in [-0.1, -0.05) is 12.1 Å². The quantitative estimate of drug-likeness (QED) is 0.893. The van der Waals surface area contributed by atoms with Crippen molar-refractivity contribution in [1.29, 1.82) is 0 Å². The fourth-order valence-electron chi connectivity index (χ4n) is 3.25. The van der Waals surface area contributed by atoms with Gasteiger partial charge in [-0.2, -0.15) is 5.10 Å². The van der Waals surface area contributed by atoms with Gasteiger partial charge in [-0.05, 0) is 51.7 Å². The van der Waals surface area contributed by atoms with E-state index >= 15 is 0 Å². The summed E-state index contributed by atoms with van der Waals surface area (Å²) >= 11 is 0. The summed E-state index contributed by atoms with van der Waals surface area (Å²) in [5.41, 5.74) is -0.780. The number of rotatable bonds is 3. The SMILES string of the molecule is CC(C)(C)OC(=O)N1CCC(Cc2n[nH]c(=O)n2-c2ccccc2F)CC1. The number of H-pyrrole nitrogens is 1. The van der Waals surface area contributed by atoms with Crippen LogP contribution in [0.2, 0.25) is 0 Å². The van der Waals surface area contributed by atoms with Crippen molar-refractivity contribution in [3.05, 3.63) is 46.4 Å². The lowest BCUT2D eigenvalue weighted by atomic mass is 9.93. The summed E-state index contributed by atoms with van der Waals surface area (Å²) in [5.74, 6) is 0.284. The monoisotopic (exact) mass is 376 g/mol. The number of piperidine rings is 1. The standard InChI is InChI=1S/C19H25FN4O3/c1-19(2,3)27-18(26)23-10-8-13(9-11-23)12-16-21-22-17(25)24(16)15-7-5-4-6-14(15)20/h4-7,13H,8-12H2,1-3H3,(H,22,25). The van der Waals surface area contributed by atoms with E-state index in [-0.39, 0.29) is 17.7 Å². The van der Waals surface area contributed by atoms with Gasteiger partial charge in [0.2, 0.25) is 0 Å². The van der Waals surface area contributed by atoms with Gasteiger partial charge in [0.15, 0.2) is 0 Å². The zero-order valence-corrected chi connectivity index (χ0v) is 15.9. The Labute approximate surface area is 157 Å². The molecule has 1 aromatic carbocycles. The molecule has 2 aromatic rings. The first-order valence-electron chi connectivity index (χ1n) is 9.14. The number of carbonyl (C=O) groups is 1. The fourth-order valence-corrected chi connectivity index (χ4v) is 3.25. The summed E-state index contributed by atoms with van der Waals surface area (Å²) in [6.45, 7) is 6.72. The Morgan fingerprint density at radius 3 is 2.59 bits per heavy atom. The molecule has 1 aliphatic rings. The van der Waals surface area contributed by atoms with Crippen molar-refractivity contribution in [3.63, 3.8) is 0 Å². The van der Waals surface area contributed by atoms with Crippen LogP contribution in [0.4, 0.5) is 9.18 Å². The van der Waals surface area contributed by atoms with Crippen molar-refractivity contribution in [2.45, 2.75) is 45.6 Å². The van der Waals surface area contributed by atoms with E-state index in [4.69, 9.17) is 4.74 Å². The normalized spacial score (nSPS) is 15.8. The van der Waals surface area contributed by atoms with Gasteiger partial charge in [-0.3, -0.25) is 0 Å². The number of aromatic nitrogens is 3. The van der Waals surface area contributed by atoms with Crippen molar-refractivity contribution < 1.29 is 13.9 Å². The Morgan fingerprint density at radius 1 is 1.30 bits per heavy atom. The van der Waals surface area contributed by atoms with Crippen molar-refractivity contribution in [2.75, 3.05) is 13.1 Å². The molecule has 2 heterocycles. The predicted octanol–water partition coefficient (Wildman–Crippen LogP) is 2.89. The molecule has 1 N–H and O–H groups in total. The third-order valence-electron chi connectivity index (χ3n) is 4.57. The molecule has 0 atom stereocenters. The second kappa shape index (κ2) is 7.54. The fraction of sp³-hybridized carbons (Fsp3) is 0.526. The van der Waals surface area contributed by atoms with Gasteiger partial charge in [0.25, 0.3) is 0 Å². The van der Waals surface area contributed by atoms with Crippen LogP contribution < -0.4 is 5.69 Å². The van der Waals surface area contributed by atoms with E-state index in [0.717, 1.165) is 12.8 Å². The number of benzene rings is 1. The van der Waals surface area contributed by atoms with Gasteiger partial charge in [0.1, 0.15) is 17.2 Å². The maximum absolute atomic E-state index is 14.1. The minimum atomic E-state index is -0.515. The van der Waals surface area contributed by atoms with E-state index in [9.17, 15) is 14.0 Å². The molecule has 1 fully saturated rings. The molecular formula is C19H25FN4O3. The maximum Gasteiger partial charge on any atom is 0.410 e. The molecule has 0 saturated carbocycles. The topological polar surface area (TPSA) is 80.2 Å². The molecule has 3 rings (SSSR count). The van der Waals surface area contributed by atoms with Gasteiger partial charge in [0, 0.05) is 19.5 Å². The van der Waals surface area contributed by atoms with Crippen LogP contribution in [-0.4, -0.2) is 44.4 Å². The van der Waals surface area contributed by atoms with Gasteiger partial charge < -0.3 is 9.64 Å². The summed E-state index contributed by atoms with van der Waals surface area (Å²) < 4.78 is 20.8. The van der Waals surface area contributed by atoms with Gasteiger partial charge >= 0.3 is 11.8 Å². The van der Waals surface area contributed by atoms with Gasteiger partial charge in [0.05, 0.1) is 5.69 Å². The molecule has 0 unspecified atom stereocenters. The highest BCUT2D eigenvalue weighted by Crippen LogP contribution is 2.23. The number of hydrogen-bond donors (Lipinski definition) is 1. The molecule has 1 saturated heterocycles. The second-order valence-corrected chi connectivity index (χ2v) is 7.85. The number of para-hydroxylation sites is 1. The third kappa shape index (κ3) is 4.56. The Kier molecular flexibility index (Phi) is 5.34. The molecule has 146 valence electrons. The lowest BCUT2D eigenvalue weighted by Crippen LogP contribution is -2.42. The number of nitrogens with zero attached hydrogens (tertiary/aromatic N) is 3. The summed E-state index contributed by atoms with van der Waals surface area (Å²) in [7, 11) is 0. The Balaban J connectivity index is 1.66. The van der Waals surface area contributed by atoms with E-state index in [1.165, 1.54) is 10.6 Å². The number of aromatic amines is 1. The Morgan fingerprint density at radius 2 is 1.96 bits per heavy atom. The number of amides is 1. The molecule has 1 amide bonds. The van der Waals surface area contributed by atoms with Crippen molar-refractivity contribution in [2.24, 2.45) is 5.92 Å². The largest absolute Gasteiger partial charge is 0.444 e. The molecule has 1 aromatic heterocycles. The van der Waals surface area contributed by atoms with Gasteiger partial charge in [-0.25, -0.2) is 23.6 Å². The van der Waals surface area contributed by atoms with E-state index in [1.54, 1.807) is 23.1 Å². The summed E-state index contributed by atoms with van der Waals surface area (Å²) in [6.07, 6.45) is 1.79. The average Bonchev–Trinajstić information content (AvgIpc) is 2.95. The average molecular weight is 376 g/mol. The third-order valence-corrected chi connectivity index (χ3v) is 4.57. The van der Waals surface area contributed by atoms with E-state index in [0.29, 0.717) is 25.3 Å². The van der Waals surface area contributed by atoms with Crippen molar-refractivity contribution in [1.82, 2.24) is 19.7 Å². The lowest BCUT2D eigenvalue weighted by Gasteiger charge is -2.33.